The molecular formula is C10H18N4O. The van der Waals surface area contributed by atoms with Crippen LogP contribution >= 0.6 is 0 Å². The number of amides is 1. The Morgan fingerprint density at radius 2 is 2.20 bits per heavy atom. The molecule has 5 heteroatoms. The summed E-state index contributed by atoms with van der Waals surface area (Å²) in [6.07, 6.45) is 3.38. The van der Waals surface area contributed by atoms with Gasteiger partial charge in [-0.1, -0.05) is 13.8 Å². The van der Waals surface area contributed by atoms with E-state index in [0.29, 0.717) is 0 Å². The molecule has 15 heavy (non-hydrogen) atoms. The molecule has 84 valence electrons. The third-order valence-corrected chi connectivity index (χ3v) is 2.31. The Kier molecular flexibility index (Phi) is 3.85. The maximum absolute atomic E-state index is 11.6. The predicted molar refractivity (Wildman–Crippen MR) is 58.0 cm³/mol. The lowest BCUT2D eigenvalue weighted by atomic mass is 10.0. The van der Waals surface area contributed by atoms with Crippen molar-refractivity contribution in [3.8, 4) is 0 Å². The minimum absolute atomic E-state index is 0.133. The molecular weight excluding hydrogens is 192 g/mol. The first-order valence-electron chi connectivity index (χ1n) is 5.07. The first kappa shape index (κ1) is 11.7. The second-order valence-corrected chi connectivity index (χ2v) is 3.97. The molecule has 1 heterocycles. The predicted octanol–water partition coefficient (Wildman–Crippen LogP) is 0.570. The van der Waals surface area contributed by atoms with Gasteiger partial charge in [0.25, 0.3) is 0 Å². The van der Waals surface area contributed by atoms with E-state index in [1.807, 2.05) is 20.8 Å². The molecule has 1 aromatic rings. The highest BCUT2D eigenvalue weighted by molar-refractivity contribution is 5.82. The Hall–Kier alpha value is -1.36. The molecule has 1 rings (SSSR count). The zero-order valence-electron chi connectivity index (χ0n) is 9.32. The van der Waals surface area contributed by atoms with E-state index in [0.717, 1.165) is 5.82 Å². The summed E-state index contributed by atoms with van der Waals surface area (Å²) in [5, 5.41) is 2.81. The number of nitrogens with zero attached hydrogens (tertiary/aromatic N) is 1. The number of rotatable bonds is 4. The van der Waals surface area contributed by atoms with E-state index in [9.17, 15) is 4.79 Å². The molecule has 0 aliphatic carbocycles. The Labute approximate surface area is 89.5 Å². The van der Waals surface area contributed by atoms with E-state index in [1.54, 1.807) is 12.4 Å². The number of nitrogens with two attached hydrogens (primary N) is 1. The van der Waals surface area contributed by atoms with Crippen LogP contribution in [0.4, 0.5) is 0 Å². The summed E-state index contributed by atoms with van der Waals surface area (Å²) in [6, 6.07) is -0.611. The largest absolute Gasteiger partial charge is 0.347 e. The van der Waals surface area contributed by atoms with Crippen molar-refractivity contribution >= 4 is 5.91 Å². The Bertz CT molecular complexity index is 307. The third kappa shape index (κ3) is 3.06. The molecule has 0 saturated carbocycles. The smallest absolute Gasteiger partial charge is 0.237 e. The van der Waals surface area contributed by atoms with Crippen LogP contribution in [0.3, 0.4) is 0 Å². The van der Waals surface area contributed by atoms with E-state index in [2.05, 4.69) is 15.3 Å². The highest BCUT2D eigenvalue weighted by atomic mass is 16.2. The van der Waals surface area contributed by atoms with Crippen molar-refractivity contribution in [1.82, 2.24) is 15.3 Å². The summed E-state index contributed by atoms with van der Waals surface area (Å²) in [6.45, 7) is 5.70. The fraction of sp³-hybridized carbons (Fsp3) is 0.600. The van der Waals surface area contributed by atoms with E-state index in [1.165, 1.54) is 0 Å². The molecule has 0 radical (unpaired) electrons. The maximum atomic E-state index is 11.6. The summed E-state index contributed by atoms with van der Waals surface area (Å²) < 4.78 is 0. The zero-order valence-corrected chi connectivity index (χ0v) is 9.32. The fourth-order valence-corrected chi connectivity index (χ4v) is 1.20. The van der Waals surface area contributed by atoms with Crippen molar-refractivity contribution in [2.24, 2.45) is 11.7 Å². The Morgan fingerprint density at radius 3 is 2.67 bits per heavy atom. The highest BCUT2D eigenvalue weighted by Gasteiger charge is 2.19. The van der Waals surface area contributed by atoms with E-state index < -0.39 is 6.04 Å². The average molecular weight is 210 g/mol. The molecule has 5 nitrogen and oxygen atoms in total. The van der Waals surface area contributed by atoms with Gasteiger partial charge in [-0.05, 0) is 12.8 Å². The van der Waals surface area contributed by atoms with Crippen LogP contribution in [0.1, 0.15) is 32.6 Å². The minimum Gasteiger partial charge on any atom is -0.347 e. The number of hydrogen-bond acceptors (Lipinski definition) is 3. The van der Waals surface area contributed by atoms with Gasteiger partial charge in [0.15, 0.2) is 0 Å². The third-order valence-electron chi connectivity index (χ3n) is 2.31. The monoisotopic (exact) mass is 210 g/mol. The molecule has 2 atom stereocenters. The zero-order chi connectivity index (χ0) is 11.4. The normalized spacial score (nSPS) is 15.0. The second kappa shape index (κ2) is 4.93. The number of aromatic nitrogens is 2. The van der Waals surface area contributed by atoms with Gasteiger partial charge in [0.05, 0.1) is 12.1 Å². The molecule has 0 aliphatic rings. The maximum Gasteiger partial charge on any atom is 0.237 e. The van der Waals surface area contributed by atoms with Gasteiger partial charge in [-0.25, -0.2) is 4.98 Å². The van der Waals surface area contributed by atoms with E-state index >= 15 is 0 Å². The van der Waals surface area contributed by atoms with Gasteiger partial charge in [0.1, 0.15) is 5.82 Å². The van der Waals surface area contributed by atoms with Crippen molar-refractivity contribution in [2.75, 3.05) is 0 Å². The van der Waals surface area contributed by atoms with Crippen LogP contribution < -0.4 is 11.1 Å². The van der Waals surface area contributed by atoms with Crippen molar-refractivity contribution in [1.29, 1.82) is 0 Å². The number of carbonyl (C=O) groups is 1. The molecule has 0 aromatic carbocycles. The van der Waals surface area contributed by atoms with Crippen LogP contribution in [0.25, 0.3) is 0 Å². The van der Waals surface area contributed by atoms with Crippen molar-refractivity contribution in [3.05, 3.63) is 18.2 Å². The van der Waals surface area contributed by atoms with Crippen molar-refractivity contribution in [3.63, 3.8) is 0 Å². The molecule has 0 spiro atoms. The topological polar surface area (TPSA) is 83.8 Å². The molecule has 1 amide bonds. The number of nitrogens with one attached hydrogen (secondary N) is 2. The molecule has 0 aliphatic heterocycles. The van der Waals surface area contributed by atoms with Crippen LogP contribution in [-0.2, 0) is 4.79 Å². The van der Waals surface area contributed by atoms with Crippen LogP contribution in [0.15, 0.2) is 12.4 Å². The second-order valence-electron chi connectivity index (χ2n) is 3.97. The van der Waals surface area contributed by atoms with Crippen LogP contribution in [0.5, 0.6) is 0 Å². The molecule has 4 N–H and O–H groups in total. The summed E-state index contributed by atoms with van der Waals surface area (Å²) in [5.41, 5.74) is 5.72. The number of aromatic amines is 1. The van der Waals surface area contributed by atoms with Crippen LogP contribution in [0, 0.1) is 5.92 Å². The van der Waals surface area contributed by atoms with Crippen molar-refractivity contribution < 1.29 is 4.79 Å². The Balaban J connectivity index is 2.52. The van der Waals surface area contributed by atoms with Gasteiger partial charge in [0.2, 0.25) is 5.91 Å². The van der Waals surface area contributed by atoms with Crippen LogP contribution in [0.2, 0.25) is 0 Å². The highest BCUT2D eigenvalue weighted by Crippen LogP contribution is 2.06. The SMILES string of the molecule is CC(NC(=O)[C@H](N)C(C)C)c1ncc[nH]1. The van der Waals surface area contributed by atoms with Gasteiger partial charge in [-0.2, -0.15) is 0 Å². The average Bonchev–Trinajstić information content (AvgIpc) is 2.68. The summed E-state index contributed by atoms with van der Waals surface area (Å²) in [5.74, 6) is 0.724. The summed E-state index contributed by atoms with van der Waals surface area (Å²) in [4.78, 5) is 18.6. The first-order valence-corrected chi connectivity index (χ1v) is 5.07. The lowest BCUT2D eigenvalue weighted by Crippen LogP contribution is -2.44. The number of hydrogen-bond donors (Lipinski definition) is 3. The molecule has 0 saturated heterocycles. The summed E-state index contributed by atoms with van der Waals surface area (Å²) >= 11 is 0. The van der Waals surface area contributed by atoms with Gasteiger partial charge in [-0.3, -0.25) is 4.79 Å². The van der Waals surface area contributed by atoms with E-state index in [4.69, 9.17) is 5.73 Å². The number of H-pyrrole nitrogens is 1. The quantitative estimate of drug-likeness (QED) is 0.679. The molecule has 1 aromatic heterocycles. The summed E-state index contributed by atoms with van der Waals surface area (Å²) in [7, 11) is 0. The molecule has 0 fully saturated rings. The standard InChI is InChI=1S/C10H18N4O/c1-6(2)8(11)10(15)14-7(3)9-12-4-5-13-9/h4-8H,11H2,1-3H3,(H,12,13)(H,14,15)/t7?,8-/m1/s1. The van der Waals surface area contributed by atoms with Gasteiger partial charge < -0.3 is 16.0 Å². The number of carbonyl (C=O) groups excluding carboxylic acids is 1. The lowest BCUT2D eigenvalue weighted by Gasteiger charge is -2.18. The fourth-order valence-electron chi connectivity index (χ4n) is 1.20. The van der Waals surface area contributed by atoms with Crippen LogP contribution in [-0.4, -0.2) is 21.9 Å². The molecule has 0 bridgehead atoms. The minimum atomic E-state index is -0.470. The molecule has 1 unspecified atom stereocenters. The van der Waals surface area contributed by atoms with Gasteiger partial charge in [0, 0.05) is 12.4 Å². The van der Waals surface area contributed by atoms with E-state index in [-0.39, 0.29) is 17.9 Å². The Morgan fingerprint density at radius 1 is 1.53 bits per heavy atom. The van der Waals surface area contributed by atoms with Gasteiger partial charge in [-0.15, -0.1) is 0 Å². The first-order chi connectivity index (χ1) is 7.02. The van der Waals surface area contributed by atoms with Gasteiger partial charge >= 0.3 is 0 Å². The lowest BCUT2D eigenvalue weighted by molar-refractivity contribution is -0.123. The van der Waals surface area contributed by atoms with Crippen molar-refractivity contribution in [2.45, 2.75) is 32.9 Å². The number of imidazole rings is 1.